The fraction of sp³-hybridized carbons (Fsp3) is 0.480. The summed E-state index contributed by atoms with van der Waals surface area (Å²) in [5.74, 6) is 3.09. The Bertz CT molecular complexity index is 867. The quantitative estimate of drug-likeness (QED) is 0.448. The highest BCUT2D eigenvalue weighted by Gasteiger charge is 2.18. The van der Waals surface area contributed by atoms with Gasteiger partial charge in [0.2, 0.25) is 12.7 Å². The molecule has 168 valence electrons. The van der Waals surface area contributed by atoms with Gasteiger partial charge in [-0.05, 0) is 48.2 Å². The van der Waals surface area contributed by atoms with E-state index in [9.17, 15) is 4.79 Å². The molecule has 6 heteroatoms. The van der Waals surface area contributed by atoms with Gasteiger partial charge in [0, 0.05) is 19.5 Å². The predicted octanol–water partition coefficient (Wildman–Crippen LogP) is 4.97. The van der Waals surface area contributed by atoms with E-state index in [1.54, 1.807) is 14.2 Å². The van der Waals surface area contributed by atoms with E-state index in [-0.39, 0.29) is 12.7 Å². The highest BCUT2D eigenvalue weighted by Crippen LogP contribution is 2.33. The molecule has 1 aliphatic rings. The Kier molecular flexibility index (Phi) is 8.44. The van der Waals surface area contributed by atoms with Crippen molar-refractivity contribution in [2.75, 3.05) is 27.6 Å². The van der Waals surface area contributed by atoms with Crippen LogP contribution in [0.15, 0.2) is 36.4 Å². The lowest BCUT2D eigenvalue weighted by Gasteiger charge is -2.23. The van der Waals surface area contributed by atoms with E-state index in [2.05, 4.69) is 6.92 Å². The second kappa shape index (κ2) is 11.5. The zero-order valence-corrected chi connectivity index (χ0v) is 18.8. The van der Waals surface area contributed by atoms with Gasteiger partial charge in [-0.15, -0.1) is 0 Å². The van der Waals surface area contributed by atoms with E-state index in [0.29, 0.717) is 31.0 Å². The lowest BCUT2D eigenvalue weighted by atomic mass is 10.1. The molecule has 31 heavy (non-hydrogen) atoms. The van der Waals surface area contributed by atoms with Gasteiger partial charge in [-0.25, -0.2) is 0 Å². The monoisotopic (exact) mass is 427 g/mol. The molecular formula is C25H33NO5. The second-order valence-corrected chi connectivity index (χ2v) is 7.75. The van der Waals surface area contributed by atoms with Crippen LogP contribution in [0, 0.1) is 0 Å². The Balaban J connectivity index is 1.68. The molecule has 0 bridgehead atoms. The number of hydrogen-bond donors (Lipinski definition) is 0. The van der Waals surface area contributed by atoms with E-state index < -0.39 is 0 Å². The zero-order chi connectivity index (χ0) is 22.1. The Labute approximate surface area is 185 Å². The van der Waals surface area contributed by atoms with Crippen molar-refractivity contribution in [3.8, 4) is 23.0 Å². The highest BCUT2D eigenvalue weighted by atomic mass is 16.7. The standard InChI is InChI=1S/C25H33NO5/c1-4-5-6-7-8-25(27)26(17-20-10-12-22-24(16-20)31-18-30-22)14-13-19-9-11-21(28-2)23(15-19)29-3/h9-12,15-16H,4-8,13-14,17-18H2,1-3H3. The third-order valence-corrected chi connectivity index (χ3v) is 5.53. The SMILES string of the molecule is CCCCCCC(=O)N(CCc1ccc(OC)c(OC)c1)Cc1ccc2c(c1)OCO2. The predicted molar refractivity (Wildman–Crippen MR) is 120 cm³/mol. The van der Waals surface area contributed by atoms with Gasteiger partial charge >= 0.3 is 0 Å². The van der Waals surface area contributed by atoms with Crippen LogP contribution in [-0.2, 0) is 17.8 Å². The van der Waals surface area contributed by atoms with Crippen molar-refractivity contribution in [1.82, 2.24) is 4.90 Å². The van der Waals surface area contributed by atoms with Crippen molar-refractivity contribution in [2.24, 2.45) is 0 Å². The normalized spacial score (nSPS) is 12.0. The molecule has 0 radical (unpaired) electrons. The van der Waals surface area contributed by atoms with Crippen molar-refractivity contribution in [2.45, 2.75) is 52.0 Å². The van der Waals surface area contributed by atoms with Crippen LogP contribution in [0.5, 0.6) is 23.0 Å². The molecule has 1 heterocycles. The maximum Gasteiger partial charge on any atom is 0.231 e. The van der Waals surface area contributed by atoms with Gasteiger partial charge in [0.05, 0.1) is 14.2 Å². The molecule has 3 rings (SSSR count). The average Bonchev–Trinajstić information content (AvgIpc) is 3.27. The van der Waals surface area contributed by atoms with E-state index in [1.165, 1.54) is 6.42 Å². The van der Waals surface area contributed by atoms with Crippen LogP contribution in [0.2, 0.25) is 0 Å². The summed E-state index contributed by atoms with van der Waals surface area (Å²) in [4.78, 5) is 15.0. The van der Waals surface area contributed by atoms with Crippen molar-refractivity contribution in [1.29, 1.82) is 0 Å². The molecule has 0 atom stereocenters. The van der Waals surface area contributed by atoms with Crippen molar-refractivity contribution >= 4 is 5.91 Å². The van der Waals surface area contributed by atoms with Crippen molar-refractivity contribution in [3.05, 3.63) is 47.5 Å². The molecule has 0 saturated heterocycles. The minimum Gasteiger partial charge on any atom is -0.493 e. The molecule has 2 aromatic rings. The van der Waals surface area contributed by atoms with Crippen LogP contribution < -0.4 is 18.9 Å². The molecule has 0 aliphatic carbocycles. The summed E-state index contributed by atoms with van der Waals surface area (Å²) < 4.78 is 21.6. The van der Waals surface area contributed by atoms with Gasteiger partial charge < -0.3 is 23.8 Å². The molecule has 0 fully saturated rings. The number of benzene rings is 2. The molecule has 0 N–H and O–H groups in total. The summed E-state index contributed by atoms with van der Waals surface area (Å²) >= 11 is 0. The minimum absolute atomic E-state index is 0.189. The number of rotatable bonds is 12. The first-order chi connectivity index (χ1) is 15.1. The molecule has 6 nitrogen and oxygen atoms in total. The number of unbranched alkanes of at least 4 members (excludes halogenated alkanes) is 3. The van der Waals surface area contributed by atoms with Crippen LogP contribution in [0.3, 0.4) is 0 Å². The summed E-state index contributed by atoms with van der Waals surface area (Å²) in [5.41, 5.74) is 2.14. The molecule has 1 aliphatic heterocycles. The van der Waals surface area contributed by atoms with Gasteiger partial charge in [0.25, 0.3) is 0 Å². The number of ether oxygens (including phenoxy) is 4. The first-order valence-corrected chi connectivity index (χ1v) is 11.0. The molecule has 1 amide bonds. The highest BCUT2D eigenvalue weighted by molar-refractivity contribution is 5.76. The lowest BCUT2D eigenvalue weighted by Crippen LogP contribution is -2.32. The summed E-state index contributed by atoms with van der Waals surface area (Å²) in [7, 11) is 3.26. The van der Waals surface area contributed by atoms with E-state index >= 15 is 0 Å². The van der Waals surface area contributed by atoms with Crippen molar-refractivity contribution in [3.63, 3.8) is 0 Å². The van der Waals surface area contributed by atoms with E-state index in [4.69, 9.17) is 18.9 Å². The summed E-state index contributed by atoms with van der Waals surface area (Å²) in [6.45, 7) is 3.61. The zero-order valence-electron chi connectivity index (χ0n) is 18.8. The second-order valence-electron chi connectivity index (χ2n) is 7.75. The van der Waals surface area contributed by atoms with Crippen LogP contribution >= 0.6 is 0 Å². The van der Waals surface area contributed by atoms with Gasteiger partial charge in [-0.1, -0.05) is 38.3 Å². The molecule has 0 spiro atoms. The maximum atomic E-state index is 13.0. The number of fused-ring (bicyclic) bond motifs is 1. The van der Waals surface area contributed by atoms with Crippen molar-refractivity contribution < 1.29 is 23.7 Å². The molecule has 2 aromatic carbocycles. The number of hydrogen-bond acceptors (Lipinski definition) is 5. The first kappa shape index (κ1) is 22.8. The topological polar surface area (TPSA) is 57.2 Å². The molecule has 0 saturated carbocycles. The Hall–Kier alpha value is -2.89. The third kappa shape index (κ3) is 6.29. The van der Waals surface area contributed by atoms with Crippen LogP contribution in [0.25, 0.3) is 0 Å². The van der Waals surface area contributed by atoms with Gasteiger partial charge in [0.1, 0.15) is 0 Å². The summed E-state index contributed by atoms with van der Waals surface area (Å²) in [5, 5.41) is 0. The number of nitrogens with zero attached hydrogens (tertiary/aromatic N) is 1. The van der Waals surface area contributed by atoms with Crippen LogP contribution in [0.1, 0.15) is 50.2 Å². The number of amides is 1. The van der Waals surface area contributed by atoms with E-state index in [0.717, 1.165) is 48.3 Å². The lowest BCUT2D eigenvalue weighted by molar-refractivity contribution is -0.131. The number of methoxy groups -OCH3 is 2. The number of carbonyl (C=O) groups excluding carboxylic acids is 1. The van der Waals surface area contributed by atoms with E-state index in [1.807, 2.05) is 41.3 Å². The van der Waals surface area contributed by atoms with Crippen LogP contribution in [0.4, 0.5) is 0 Å². The largest absolute Gasteiger partial charge is 0.493 e. The first-order valence-electron chi connectivity index (χ1n) is 11.0. The van der Waals surface area contributed by atoms with Gasteiger partial charge in [-0.2, -0.15) is 0 Å². The number of carbonyl (C=O) groups is 1. The Morgan fingerprint density at radius 2 is 1.71 bits per heavy atom. The average molecular weight is 428 g/mol. The van der Waals surface area contributed by atoms with Gasteiger partial charge in [-0.3, -0.25) is 4.79 Å². The third-order valence-electron chi connectivity index (χ3n) is 5.53. The fourth-order valence-corrected chi connectivity index (χ4v) is 3.71. The smallest absolute Gasteiger partial charge is 0.231 e. The minimum atomic E-state index is 0.189. The van der Waals surface area contributed by atoms with Crippen LogP contribution in [-0.4, -0.2) is 38.4 Å². The summed E-state index contributed by atoms with van der Waals surface area (Å²) in [6, 6.07) is 11.8. The summed E-state index contributed by atoms with van der Waals surface area (Å²) in [6.07, 6.45) is 5.67. The molecular weight excluding hydrogens is 394 g/mol. The molecule has 0 unspecified atom stereocenters. The maximum absolute atomic E-state index is 13.0. The fourth-order valence-electron chi connectivity index (χ4n) is 3.71. The van der Waals surface area contributed by atoms with Gasteiger partial charge in [0.15, 0.2) is 23.0 Å². The Morgan fingerprint density at radius 1 is 0.935 bits per heavy atom. The molecule has 0 aromatic heterocycles. The Morgan fingerprint density at radius 3 is 2.48 bits per heavy atom.